The van der Waals surface area contributed by atoms with Gasteiger partial charge in [0.05, 0.1) is 10.0 Å². The number of rotatable bonds is 8. The molecule has 0 aliphatic carbocycles. The van der Waals surface area contributed by atoms with Gasteiger partial charge in [0.15, 0.2) is 0 Å². The molecule has 0 unspecified atom stereocenters. The summed E-state index contributed by atoms with van der Waals surface area (Å²) in [6.07, 6.45) is 3.00. The molecular weight excluding hydrogens is 335 g/mol. The first-order valence-electron chi connectivity index (χ1n) is 8.15. The maximum absolute atomic E-state index is 10.5. The maximum Gasteiger partial charge on any atom is 0.303 e. The van der Waals surface area contributed by atoms with Gasteiger partial charge in [-0.1, -0.05) is 29.3 Å². The molecule has 1 heterocycles. The third-order valence-corrected chi connectivity index (χ3v) is 5.02. The van der Waals surface area contributed by atoms with Crippen molar-refractivity contribution in [1.29, 1.82) is 0 Å². The highest BCUT2D eigenvalue weighted by Crippen LogP contribution is 2.22. The standard InChI is InChI=1S/C17H24Cl2N2O2/c18-15-5-4-14(13-16(15)19)6-8-21-11-9-20(10-12-21)7-2-1-3-17(22)23/h4-5,13H,1-3,6-12H2,(H,22,23). The van der Waals surface area contributed by atoms with E-state index >= 15 is 0 Å². The first-order chi connectivity index (χ1) is 11.0. The Morgan fingerprint density at radius 2 is 1.65 bits per heavy atom. The number of piperazine rings is 1. The summed E-state index contributed by atoms with van der Waals surface area (Å²) in [5.41, 5.74) is 1.22. The summed E-state index contributed by atoms with van der Waals surface area (Å²) in [6, 6.07) is 5.84. The molecule has 0 spiro atoms. The highest BCUT2D eigenvalue weighted by atomic mass is 35.5. The smallest absolute Gasteiger partial charge is 0.303 e. The van der Waals surface area contributed by atoms with Gasteiger partial charge in [0, 0.05) is 39.1 Å². The molecule has 6 heteroatoms. The van der Waals surface area contributed by atoms with Crippen molar-refractivity contribution in [3.63, 3.8) is 0 Å². The molecule has 1 aromatic rings. The number of unbranched alkanes of at least 4 members (excludes halogenated alkanes) is 1. The van der Waals surface area contributed by atoms with Crippen LogP contribution in [0, 0.1) is 0 Å². The summed E-state index contributed by atoms with van der Waals surface area (Å²) < 4.78 is 0. The molecular formula is C17H24Cl2N2O2. The Labute approximate surface area is 148 Å². The molecule has 4 nitrogen and oxygen atoms in total. The summed E-state index contributed by atoms with van der Waals surface area (Å²) in [6.45, 7) is 6.31. The number of hydrogen-bond donors (Lipinski definition) is 1. The maximum atomic E-state index is 10.5. The fourth-order valence-corrected chi connectivity index (χ4v) is 3.15. The van der Waals surface area contributed by atoms with Gasteiger partial charge in [-0.25, -0.2) is 0 Å². The molecule has 2 rings (SSSR count). The molecule has 1 N–H and O–H groups in total. The van der Waals surface area contributed by atoms with E-state index in [1.807, 2.05) is 18.2 Å². The fourth-order valence-electron chi connectivity index (χ4n) is 2.83. The third-order valence-electron chi connectivity index (χ3n) is 4.28. The van der Waals surface area contributed by atoms with Crippen LogP contribution >= 0.6 is 23.2 Å². The monoisotopic (exact) mass is 358 g/mol. The summed E-state index contributed by atoms with van der Waals surface area (Å²) in [7, 11) is 0. The van der Waals surface area contributed by atoms with Crippen molar-refractivity contribution >= 4 is 29.2 Å². The van der Waals surface area contributed by atoms with E-state index in [4.69, 9.17) is 28.3 Å². The molecule has 23 heavy (non-hydrogen) atoms. The van der Waals surface area contributed by atoms with E-state index < -0.39 is 5.97 Å². The molecule has 1 fully saturated rings. The van der Waals surface area contributed by atoms with Gasteiger partial charge < -0.3 is 14.9 Å². The van der Waals surface area contributed by atoms with Crippen LogP contribution < -0.4 is 0 Å². The van der Waals surface area contributed by atoms with E-state index in [1.54, 1.807) is 0 Å². The summed E-state index contributed by atoms with van der Waals surface area (Å²) in [5.74, 6) is -0.697. The van der Waals surface area contributed by atoms with E-state index in [0.29, 0.717) is 10.0 Å². The quantitative estimate of drug-likeness (QED) is 0.723. The predicted molar refractivity (Wildman–Crippen MR) is 94.5 cm³/mol. The Kier molecular flexibility index (Phi) is 7.63. The number of nitrogens with zero attached hydrogens (tertiary/aromatic N) is 2. The van der Waals surface area contributed by atoms with Crippen LogP contribution in [0.2, 0.25) is 10.0 Å². The van der Waals surface area contributed by atoms with Crippen LogP contribution in [0.5, 0.6) is 0 Å². The van der Waals surface area contributed by atoms with Crippen molar-refractivity contribution in [1.82, 2.24) is 9.80 Å². The zero-order valence-corrected chi connectivity index (χ0v) is 14.8. The molecule has 0 amide bonds. The van der Waals surface area contributed by atoms with Crippen LogP contribution in [0.4, 0.5) is 0 Å². The molecule has 1 aromatic carbocycles. The first kappa shape index (κ1) is 18.5. The number of hydrogen-bond acceptors (Lipinski definition) is 3. The van der Waals surface area contributed by atoms with Gasteiger partial charge in [0.25, 0.3) is 0 Å². The van der Waals surface area contributed by atoms with E-state index in [9.17, 15) is 4.79 Å². The van der Waals surface area contributed by atoms with Gasteiger partial charge in [0.1, 0.15) is 0 Å². The normalized spacial score (nSPS) is 16.6. The number of carboxylic acid groups (broad SMARTS) is 1. The largest absolute Gasteiger partial charge is 0.481 e. The molecule has 0 atom stereocenters. The first-order valence-corrected chi connectivity index (χ1v) is 8.90. The second-order valence-electron chi connectivity index (χ2n) is 6.03. The van der Waals surface area contributed by atoms with E-state index in [2.05, 4.69) is 9.80 Å². The minimum atomic E-state index is -0.697. The highest BCUT2D eigenvalue weighted by Gasteiger charge is 2.16. The number of benzene rings is 1. The summed E-state index contributed by atoms with van der Waals surface area (Å²) in [4.78, 5) is 15.4. The minimum absolute atomic E-state index is 0.281. The molecule has 0 radical (unpaired) electrons. The molecule has 1 aliphatic rings. The lowest BCUT2D eigenvalue weighted by molar-refractivity contribution is -0.137. The molecule has 1 saturated heterocycles. The van der Waals surface area contributed by atoms with E-state index in [-0.39, 0.29) is 6.42 Å². The Hall–Kier alpha value is -0.810. The Morgan fingerprint density at radius 1 is 1.00 bits per heavy atom. The lowest BCUT2D eigenvalue weighted by Crippen LogP contribution is -2.47. The average Bonchev–Trinajstić information content (AvgIpc) is 2.53. The molecule has 0 bridgehead atoms. The second kappa shape index (κ2) is 9.48. The van der Waals surface area contributed by atoms with E-state index in [1.165, 1.54) is 5.56 Å². The highest BCUT2D eigenvalue weighted by molar-refractivity contribution is 6.42. The molecule has 0 saturated carbocycles. The van der Waals surface area contributed by atoms with Crippen molar-refractivity contribution in [3.05, 3.63) is 33.8 Å². The SMILES string of the molecule is O=C(O)CCCCN1CCN(CCc2ccc(Cl)c(Cl)c2)CC1. The zero-order valence-electron chi connectivity index (χ0n) is 13.3. The van der Waals surface area contributed by atoms with Crippen LogP contribution in [0.1, 0.15) is 24.8 Å². The average molecular weight is 359 g/mol. The molecule has 1 aliphatic heterocycles. The number of carbonyl (C=O) groups is 1. The van der Waals surface area contributed by atoms with Gasteiger partial charge >= 0.3 is 5.97 Å². The minimum Gasteiger partial charge on any atom is -0.481 e. The van der Waals surface area contributed by atoms with Crippen molar-refractivity contribution in [2.75, 3.05) is 39.3 Å². The molecule has 128 valence electrons. The van der Waals surface area contributed by atoms with E-state index in [0.717, 1.165) is 58.5 Å². The molecule has 0 aromatic heterocycles. The topological polar surface area (TPSA) is 43.8 Å². The lowest BCUT2D eigenvalue weighted by atomic mass is 10.1. The van der Waals surface area contributed by atoms with Crippen LogP contribution in [-0.2, 0) is 11.2 Å². The van der Waals surface area contributed by atoms with Crippen molar-refractivity contribution in [3.8, 4) is 0 Å². The number of carboxylic acids is 1. The van der Waals surface area contributed by atoms with Gasteiger partial charge in [-0.3, -0.25) is 4.79 Å². The van der Waals surface area contributed by atoms with Crippen molar-refractivity contribution in [2.45, 2.75) is 25.7 Å². The zero-order chi connectivity index (χ0) is 16.7. The lowest BCUT2D eigenvalue weighted by Gasteiger charge is -2.34. The fraction of sp³-hybridized carbons (Fsp3) is 0.588. The van der Waals surface area contributed by atoms with Crippen LogP contribution in [0.3, 0.4) is 0 Å². The van der Waals surface area contributed by atoms with Crippen molar-refractivity contribution < 1.29 is 9.90 Å². The number of halogens is 2. The number of aliphatic carboxylic acids is 1. The Morgan fingerprint density at radius 3 is 2.26 bits per heavy atom. The van der Waals surface area contributed by atoms with Crippen LogP contribution in [0.15, 0.2) is 18.2 Å². The van der Waals surface area contributed by atoms with Gasteiger partial charge in [-0.15, -0.1) is 0 Å². The Bertz CT molecular complexity index is 517. The second-order valence-corrected chi connectivity index (χ2v) is 6.85. The van der Waals surface area contributed by atoms with Gasteiger partial charge in [0.2, 0.25) is 0 Å². The summed E-state index contributed by atoms with van der Waals surface area (Å²) in [5, 5.41) is 9.86. The third kappa shape index (κ3) is 6.68. The summed E-state index contributed by atoms with van der Waals surface area (Å²) >= 11 is 12.0. The van der Waals surface area contributed by atoms with Crippen molar-refractivity contribution in [2.24, 2.45) is 0 Å². The van der Waals surface area contributed by atoms with Crippen LogP contribution in [-0.4, -0.2) is 60.1 Å². The Balaban J connectivity index is 1.62. The van der Waals surface area contributed by atoms with Gasteiger partial charge in [-0.05, 0) is 43.5 Å². The van der Waals surface area contributed by atoms with Gasteiger partial charge in [-0.2, -0.15) is 0 Å². The van der Waals surface area contributed by atoms with Crippen LogP contribution in [0.25, 0.3) is 0 Å². The predicted octanol–water partition coefficient (Wildman–Crippen LogP) is 3.41.